The van der Waals surface area contributed by atoms with Gasteiger partial charge >= 0.3 is 0 Å². The average Bonchev–Trinajstić information content (AvgIpc) is 2.88. The molecule has 0 spiro atoms. The van der Waals surface area contributed by atoms with Gasteiger partial charge in [-0.2, -0.15) is 0 Å². The number of likely N-dealkylation sites (tertiary alicyclic amines) is 1. The van der Waals surface area contributed by atoms with E-state index >= 15 is 0 Å². The van der Waals surface area contributed by atoms with Crippen molar-refractivity contribution in [1.29, 1.82) is 0 Å². The normalized spacial score (nSPS) is 18.2. The zero-order valence-corrected chi connectivity index (χ0v) is 14.0. The van der Waals surface area contributed by atoms with Gasteiger partial charge in [-0.1, -0.05) is 6.07 Å². The number of nitrogens with zero attached hydrogens (tertiary/aromatic N) is 1. The van der Waals surface area contributed by atoms with E-state index in [1.54, 1.807) is 0 Å². The van der Waals surface area contributed by atoms with Crippen LogP contribution >= 0.6 is 0 Å². The molecule has 3 rings (SSSR count). The Hall–Kier alpha value is -1.32. The number of aromatic nitrogens is 1. The van der Waals surface area contributed by atoms with Crippen LogP contribution in [0.4, 0.5) is 0 Å². The minimum atomic E-state index is -0.593. The van der Waals surface area contributed by atoms with E-state index in [9.17, 15) is 5.11 Å². The number of aromatic amines is 1. The van der Waals surface area contributed by atoms with E-state index in [0.717, 1.165) is 12.8 Å². The Labute approximate surface area is 133 Å². The van der Waals surface area contributed by atoms with Crippen LogP contribution in [0, 0.1) is 0 Å². The first kappa shape index (κ1) is 15.6. The van der Waals surface area contributed by atoms with E-state index in [1.807, 2.05) is 13.8 Å². The van der Waals surface area contributed by atoms with Gasteiger partial charge in [0.15, 0.2) is 0 Å². The smallest absolute Gasteiger partial charge is 0.0594 e. The van der Waals surface area contributed by atoms with Gasteiger partial charge in [-0.25, -0.2) is 0 Å². The maximum atomic E-state index is 9.92. The van der Waals surface area contributed by atoms with Crippen molar-refractivity contribution in [3.05, 3.63) is 35.5 Å². The number of aliphatic hydroxyl groups is 1. The van der Waals surface area contributed by atoms with E-state index in [0.29, 0.717) is 5.92 Å². The molecule has 3 nitrogen and oxygen atoms in total. The Kier molecular flexibility index (Phi) is 4.28. The largest absolute Gasteiger partial charge is 0.390 e. The second-order valence-corrected chi connectivity index (χ2v) is 7.51. The van der Waals surface area contributed by atoms with Gasteiger partial charge in [0.25, 0.3) is 0 Å². The summed E-state index contributed by atoms with van der Waals surface area (Å²) in [6.07, 6.45) is 6.43. The van der Waals surface area contributed by atoms with Gasteiger partial charge < -0.3 is 15.0 Å². The highest BCUT2D eigenvalue weighted by Gasteiger charge is 2.21. The second-order valence-electron chi connectivity index (χ2n) is 7.51. The molecule has 0 amide bonds. The Morgan fingerprint density at radius 3 is 2.68 bits per heavy atom. The minimum Gasteiger partial charge on any atom is -0.390 e. The summed E-state index contributed by atoms with van der Waals surface area (Å²) in [4.78, 5) is 5.85. The van der Waals surface area contributed by atoms with Gasteiger partial charge in [-0.05, 0) is 88.8 Å². The predicted octanol–water partition coefficient (Wildman–Crippen LogP) is 3.68. The van der Waals surface area contributed by atoms with Crippen molar-refractivity contribution >= 4 is 10.9 Å². The van der Waals surface area contributed by atoms with Crippen molar-refractivity contribution in [2.45, 2.75) is 51.0 Å². The van der Waals surface area contributed by atoms with Crippen LogP contribution in [0.2, 0.25) is 0 Å². The van der Waals surface area contributed by atoms with E-state index in [-0.39, 0.29) is 0 Å². The molecule has 0 aliphatic carbocycles. The Balaban J connectivity index is 1.82. The first-order valence-corrected chi connectivity index (χ1v) is 8.43. The summed E-state index contributed by atoms with van der Waals surface area (Å²) in [5.41, 5.74) is 3.45. The van der Waals surface area contributed by atoms with Crippen LogP contribution in [0.1, 0.15) is 50.2 Å². The molecule has 1 saturated heterocycles. The Morgan fingerprint density at radius 2 is 2.00 bits per heavy atom. The zero-order valence-electron chi connectivity index (χ0n) is 14.0. The molecule has 3 heteroatoms. The number of nitrogens with one attached hydrogen (secondary N) is 1. The molecule has 1 fully saturated rings. The number of aryl methyl sites for hydroxylation is 1. The molecule has 1 aliphatic rings. The van der Waals surface area contributed by atoms with Crippen LogP contribution in [0.25, 0.3) is 10.9 Å². The van der Waals surface area contributed by atoms with Gasteiger partial charge in [-0.15, -0.1) is 0 Å². The molecule has 1 aliphatic heterocycles. The number of rotatable bonds is 4. The van der Waals surface area contributed by atoms with Crippen molar-refractivity contribution in [1.82, 2.24) is 9.88 Å². The zero-order chi connectivity index (χ0) is 15.7. The van der Waals surface area contributed by atoms with Crippen LogP contribution in [0.3, 0.4) is 0 Å². The highest BCUT2D eigenvalue weighted by atomic mass is 16.3. The average molecular weight is 300 g/mol. The van der Waals surface area contributed by atoms with Gasteiger partial charge in [0.05, 0.1) is 5.60 Å². The van der Waals surface area contributed by atoms with E-state index in [1.165, 1.54) is 48.0 Å². The number of hydrogen-bond acceptors (Lipinski definition) is 2. The van der Waals surface area contributed by atoms with Gasteiger partial charge in [-0.3, -0.25) is 0 Å². The quantitative estimate of drug-likeness (QED) is 0.904. The number of fused-ring (bicyclic) bond motifs is 1. The molecule has 2 heterocycles. The lowest BCUT2D eigenvalue weighted by Crippen LogP contribution is -2.29. The molecule has 0 radical (unpaired) electrons. The maximum absolute atomic E-state index is 9.92. The predicted molar refractivity (Wildman–Crippen MR) is 92.4 cm³/mol. The standard InChI is InChI=1S/C19H28N2O/c1-19(2,22)9-6-14-4-5-18-16(12-14)17(13-20-18)15-7-10-21(3)11-8-15/h4-5,12-13,15,20,22H,6-11H2,1-3H3. The Bertz CT molecular complexity index is 630. The lowest BCUT2D eigenvalue weighted by atomic mass is 9.88. The van der Waals surface area contributed by atoms with Crippen LogP contribution in [0.5, 0.6) is 0 Å². The van der Waals surface area contributed by atoms with E-state index in [4.69, 9.17) is 0 Å². The summed E-state index contributed by atoms with van der Waals surface area (Å²) in [6, 6.07) is 6.70. The number of benzene rings is 1. The molecule has 2 aromatic rings. The monoisotopic (exact) mass is 300 g/mol. The summed E-state index contributed by atoms with van der Waals surface area (Å²) in [7, 11) is 2.21. The molecular formula is C19H28N2O. The van der Waals surface area contributed by atoms with Crippen LogP contribution in [-0.4, -0.2) is 40.7 Å². The summed E-state index contributed by atoms with van der Waals surface area (Å²) in [5, 5.41) is 11.3. The van der Waals surface area contributed by atoms with Crippen LogP contribution < -0.4 is 0 Å². The molecular weight excluding hydrogens is 272 g/mol. The van der Waals surface area contributed by atoms with Gasteiger partial charge in [0.2, 0.25) is 0 Å². The summed E-state index contributed by atoms with van der Waals surface area (Å²) in [6.45, 7) is 6.14. The first-order chi connectivity index (χ1) is 10.4. The van der Waals surface area contributed by atoms with E-state index < -0.39 is 5.60 Å². The van der Waals surface area contributed by atoms with Gasteiger partial charge in [0, 0.05) is 17.1 Å². The Morgan fingerprint density at radius 1 is 1.27 bits per heavy atom. The van der Waals surface area contributed by atoms with E-state index in [2.05, 4.69) is 41.3 Å². The number of H-pyrrole nitrogens is 1. The van der Waals surface area contributed by atoms with Crippen LogP contribution in [0.15, 0.2) is 24.4 Å². The summed E-state index contributed by atoms with van der Waals surface area (Å²) >= 11 is 0. The fourth-order valence-electron chi connectivity index (χ4n) is 3.45. The third-order valence-corrected chi connectivity index (χ3v) is 4.96. The summed E-state index contributed by atoms with van der Waals surface area (Å²) in [5.74, 6) is 0.675. The third-order valence-electron chi connectivity index (χ3n) is 4.96. The molecule has 22 heavy (non-hydrogen) atoms. The molecule has 0 atom stereocenters. The number of hydrogen-bond donors (Lipinski definition) is 2. The maximum Gasteiger partial charge on any atom is 0.0594 e. The van der Waals surface area contributed by atoms with Crippen molar-refractivity contribution in [3.8, 4) is 0 Å². The molecule has 2 N–H and O–H groups in total. The molecule has 0 unspecified atom stereocenters. The first-order valence-electron chi connectivity index (χ1n) is 8.43. The fraction of sp³-hybridized carbons (Fsp3) is 0.579. The fourth-order valence-corrected chi connectivity index (χ4v) is 3.45. The van der Waals surface area contributed by atoms with Crippen molar-refractivity contribution in [3.63, 3.8) is 0 Å². The summed E-state index contributed by atoms with van der Waals surface area (Å²) < 4.78 is 0. The van der Waals surface area contributed by atoms with Gasteiger partial charge in [0.1, 0.15) is 0 Å². The van der Waals surface area contributed by atoms with Crippen molar-refractivity contribution in [2.75, 3.05) is 20.1 Å². The number of piperidine rings is 1. The molecule has 1 aromatic heterocycles. The molecule has 120 valence electrons. The lowest BCUT2D eigenvalue weighted by Gasteiger charge is -2.28. The molecule has 0 bridgehead atoms. The highest BCUT2D eigenvalue weighted by molar-refractivity contribution is 5.84. The third kappa shape index (κ3) is 3.53. The SMILES string of the molecule is CN1CCC(c2c[nH]c3ccc(CCC(C)(C)O)cc23)CC1. The molecule has 0 saturated carbocycles. The topological polar surface area (TPSA) is 39.3 Å². The lowest BCUT2D eigenvalue weighted by molar-refractivity contribution is 0.0714. The van der Waals surface area contributed by atoms with Crippen molar-refractivity contribution < 1.29 is 5.11 Å². The van der Waals surface area contributed by atoms with Crippen molar-refractivity contribution in [2.24, 2.45) is 0 Å². The second kappa shape index (κ2) is 6.05. The highest BCUT2D eigenvalue weighted by Crippen LogP contribution is 2.33. The van der Waals surface area contributed by atoms with Crippen LogP contribution in [-0.2, 0) is 6.42 Å². The minimum absolute atomic E-state index is 0.593. The molecule has 1 aromatic carbocycles.